The number of hydrogen-bond donors (Lipinski definition) is 2. The van der Waals surface area contributed by atoms with Gasteiger partial charge in [-0.3, -0.25) is 0 Å². The van der Waals surface area contributed by atoms with Crippen molar-refractivity contribution in [2.45, 2.75) is 20.0 Å². The molecule has 20 heavy (non-hydrogen) atoms. The number of rotatable bonds is 5. The Morgan fingerprint density at radius 3 is 3.15 bits per heavy atom. The van der Waals surface area contributed by atoms with Crippen LogP contribution in [-0.4, -0.2) is 31.7 Å². The molecule has 0 bridgehead atoms. The number of aromatic nitrogens is 4. The van der Waals surface area contributed by atoms with Crippen molar-refractivity contribution < 1.29 is 5.11 Å². The molecule has 0 radical (unpaired) electrons. The van der Waals surface area contributed by atoms with Gasteiger partial charge in [0.15, 0.2) is 0 Å². The average Bonchev–Trinajstić information content (AvgIpc) is 3.01. The van der Waals surface area contributed by atoms with Crippen molar-refractivity contribution >= 4 is 27.2 Å². The first-order valence-electron chi connectivity index (χ1n) is 6.35. The highest BCUT2D eigenvalue weighted by Crippen LogP contribution is 2.24. The molecule has 3 aromatic rings. The number of thiazole rings is 1. The lowest BCUT2D eigenvalue weighted by Crippen LogP contribution is -2.02. The topological polar surface area (TPSA) is 75.9 Å². The van der Waals surface area contributed by atoms with Gasteiger partial charge < -0.3 is 10.4 Å². The SMILES string of the molecule is Cc1nc2ccc(NCc3cn(CCO)nn3)cc2s1. The summed E-state index contributed by atoms with van der Waals surface area (Å²) in [5.74, 6) is 0. The van der Waals surface area contributed by atoms with E-state index >= 15 is 0 Å². The fourth-order valence-corrected chi connectivity index (χ4v) is 2.84. The lowest BCUT2D eigenvalue weighted by Gasteiger charge is -2.03. The number of fused-ring (bicyclic) bond motifs is 1. The first-order chi connectivity index (χ1) is 9.74. The van der Waals surface area contributed by atoms with E-state index in [9.17, 15) is 0 Å². The number of nitrogens with one attached hydrogen (secondary N) is 1. The summed E-state index contributed by atoms with van der Waals surface area (Å²) >= 11 is 1.69. The predicted molar refractivity (Wildman–Crippen MR) is 78.8 cm³/mol. The second-order valence-electron chi connectivity index (χ2n) is 4.47. The van der Waals surface area contributed by atoms with E-state index in [1.165, 1.54) is 4.70 Å². The fraction of sp³-hybridized carbons (Fsp3) is 0.308. The van der Waals surface area contributed by atoms with Crippen molar-refractivity contribution in [3.63, 3.8) is 0 Å². The highest BCUT2D eigenvalue weighted by molar-refractivity contribution is 7.18. The van der Waals surface area contributed by atoms with Crippen LogP contribution in [-0.2, 0) is 13.1 Å². The fourth-order valence-electron chi connectivity index (χ4n) is 1.97. The van der Waals surface area contributed by atoms with E-state index in [0.29, 0.717) is 13.1 Å². The molecule has 0 aliphatic rings. The van der Waals surface area contributed by atoms with Gasteiger partial charge >= 0.3 is 0 Å². The lowest BCUT2D eigenvalue weighted by molar-refractivity contribution is 0.268. The highest BCUT2D eigenvalue weighted by Gasteiger charge is 2.03. The molecule has 0 atom stereocenters. The van der Waals surface area contributed by atoms with E-state index in [0.717, 1.165) is 21.9 Å². The Labute approximate surface area is 120 Å². The molecule has 0 fully saturated rings. The van der Waals surface area contributed by atoms with Gasteiger partial charge in [-0.1, -0.05) is 5.21 Å². The maximum absolute atomic E-state index is 8.83. The molecule has 104 valence electrons. The molecule has 2 N–H and O–H groups in total. The van der Waals surface area contributed by atoms with Crippen molar-refractivity contribution in [3.05, 3.63) is 35.1 Å². The molecule has 0 aliphatic heterocycles. The molecule has 3 rings (SSSR count). The Bertz CT molecular complexity index is 720. The predicted octanol–water partition coefficient (Wildman–Crippen LogP) is 1.80. The van der Waals surface area contributed by atoms with E-state index in [-0.39, 0.29) is 6.61 Å². The molecular weight excluding hydrogens is 274 g/mol. The number of benzene rings is 1. The van der Waals surface area contributed by atoms with Gasteiger partial charge in [0.25, 0.3) is 0 Å². The molecule has 1 aromatic carbocycles. The summed E-state index contributed by atoms with van der Waals surface area (Å²) in [7, 11) is 0. The summed E-state index contributed by atoms with van der Waals surface area (Å²) in [4.78, 5) is 4.44. The third kappa shape index (κ3) is 2.78. The zero-order chi connectivity index (χ0) is 13.9. The van der Waals surface area contributed by atoms with Crippen molar-refractivity contribution in [3.8, 4) is 0 Å². The summed E-state index contributed by atoms with van der Waals surface area (Å²) in [5.41, 5.74) is 2.92. The van der Waals surface area contributed by atoms with Crippen LogP contribution in [0.4, 0.5) is 5.69 Å². The molecule has 2 aromatic heterocycles. The van der Waals surface area contributed by atoms with Crippen molar-refractivity contribution in [1.29, 1.82) is 0 Å². The summed E-state index contributed by atoms with van der Waals surface area (Å²) in [6.07, 6.45) is 1.83. The minimum absolute atomic E-state index is 0.0671. The lowest BCUT2D eigenvalue weighted by atomic mass is 10.3. The largest absolute Gasteiger partial charge is 0.394 e. The number of anilines is 1. The maximum atomic E-state index is 8.83. The number of aryl methyl sites for hydroxylation is 1. The highest BCUT2D eigenvalue weighted by atomic mass is 32.1. The van der Waals surface area contributed by atoms with E-state index in [1.807, 2.05) is 25.3 Å². The molecular formula is C13H15N5OS. The summed E-state index contributed by atoms with van der Waals surface area (Å²) < 4.78 is 2.81. The van der Waals surface area contributed by atoms with Crippen LogP contribution in [0.1, 0.15) is 10.7 Å². The van der Waals surface area contributed by atoms with Crippen LogP contribution in [0.3, 0.4) is 0 Å². The van der Waals surface area contributed by atoms with E-state index in [4.69, 9.17) is 5.11 Å². The van der Waals surface area contributed by atoms with Gasteiger partial charge in [-0.15, -0.1) is 16.4 Å². The van der Waals surface area contributed by atoms with Crippen LogP contribution < -0.4 is 5.32 Å². The molecule has 0 unspecified atom stereocenters. The smallest absolute Gasteiger partial charge is 0.102 e. The summed E-state index contributed by atoms with van der Waals surface area (Å²) in [5, 5.41) is 21.2. The van der Waals surface area contributed by atoms with Gasteiger partial charge in [0.1, 0.15) is 5.69 Å². The van der Waals surface area contributed by atoms with Crippen LogP contribution in [0.2, 0.25) is 0 Å². The third-order valence-electron chi connectivity index (χ3n) is 2.88. The average molecular weight is 289 g/mol. The van der Waals surface area contributed by atoms with Crippen LogP contribution >= 0.6 is 11.3 Å². The summed E-state index contributed by atoms with van der Waals surface area (Å²) in [6, 6.07) is 6.13. The maximum Gasteiger partial charge on any atom is 0.102 e. The van der Waals surface area contributed by atoms with Crippen LogP contribution in [0.5, 0.6) is 0 Å². The monoisotopic (exact) mass is 289 g/mol. The zero-order valence-electron chi connectivity index (χ0n) is 11.1. The molecule has 6 nitrogen and oxygen atoms in total. The van der Waals surface area contributed by atoms with Crippen LogP contribution in [0.15, 0.2) is 24.4 Å². The Morgan fingerprint density at radius 2 is 2.30 bits per heavy atom. The molecule has 0 spiro atoms. The number of aliphatic hydroxyl groups is 1. The van der Waals surface area contributed by atoms with Gasteiger partial charge in [0.2, 0.25) is 0 Å². The number of nitrogens with zero attached hydrogens (tertiary/aromatic N) is 4. The van der Waals surface area contributed by atoms with Crippen molar-refractivity contribution in [1.82, 2.24) is 20.0 Å². The second kappa shape index (κ2) is 5.56. The number of aliphatic hydroxyl groups excluding tert-OH is 1. The van der Waals surface area contributed by atoms with E-state index in [1.54, 1.807) is 16.0 Å². The number of hydrogen-bond acceptors (Lipinski definition) is 6. The Hall–Kier alpha value is -1.99. The second-order valence-corrected chi connectivity index (χ2v) is 5.70. The zero-order valence-corrected chi connectivity index (χ0v) is 11.9. The minimum atomic E-state index is 0.0671. The normalized spacial score (nSPS) is 11.1. The van der Waals surface area contributed by atoms with Gasteiger partial charge in [0, 0.05) is 5.69 Å². The van der Waals surface area contributed by atoms with Gasteiger partial charge in [-0.25, -0.2) is 9.67 Å². The van der Waals surface area contributed by atoms with Crippen molar-refractivity contribution in [2.24, 2.45) is 0 Å². The Morgan fingerprint density at radius 1 is 1.40 bits per heavy atom. The first kappa shape index (κ1) is 13.0. The van der Waals surface area contributed by atoms with Gasteiger partial charge in [0.05, 0.1) is 41.1 Å². The standard InChI is InChI=1S/C13H15N5OS/c1-9-15-12-3-2-10(6-13(12)20-9)14-7-11-8-18(4-5-19)17-16-11/h2-3,6,8,14,19H,4-5,7H2,1H3. The molecule has 0 aliphatic carbocycles. The molecule has 0 amide bonds. The minimum Gasteiger partial charge on any atom is -0.394 e. The summed E-state index contributed by atoms with van der Waals surface area (Å²) in [6.45, 7) is 3.16. The van der Waals surface area contributed by atoms with Crippen LogP contribution in [0.25, 0.3) is 10.2 Å². The quantitative estimate of drug-likeness (QED) is 0.749. The van der Waals surface area contributed by atoms with E-state index in [2.05, 4.69) is 26.7 Å². The Balaban J connectivity index is 1.69. The van der Waals surface area contributed by atoms with Crippen molar-refractivity contribution in [2.75, 3.05) is 11.9 Å². The molecule has 0 saturated carbocycles. The Kier molecular flexibility index (Phi) is 3.62. The van der Waals surface area contributed by atoms with Crippen LogP contribution in [0, 0.1) is 6.92 Å². The molecule has 2 heterocycles. The molecule has 7 heteroatoms. The molecule has 0 saturated heterocycles. The third-order valence-corrected chi connectivity index (χ3v) is 3.82. The van der Waals surface area contributed by atoms with Gasteiger partial charge in [-0.05, 0) is 25.1 Å². The van der Waals surface area contributed by atoms with E-state index < -0.39 is 0 Å². The van der Waals surface area contributed by atoms with Gasteiger partial charge in [-0.2, -0.15) is 0 Å². The first-order valence-corrected chi connectivity index (χ1v) is 7.17.